The molecule has 0 aromatic heterocycles. The molecule has 6 nitrogen and oxygen atoms in total. The summed E-state index contributed by atoms with van der Waals surface area (Å²) in [5.41, 5.74) is 0.641. The van der Waals surface area contributed by atoms with Gasteiger partial charge in [-0.3, -0.25) is 29.0 Å². The van der Waals surface area contributed by atoms with E-state index < -0.39 is 11.8 Å². The van der Waals surface area contributed by atoms with E-state index in [1.54, 1.807) is 0 Å². The van der Waals surface area contributed by atoms with E-state index >= 15 is 0 Å². The van der Waals surface area contributed by atoms with Gasteiger partial charge in [-0.2, -0.15) is 0 Å². The number of alkyl halides is 2. The number of nitrogens with zero attached hydrogens (tertiary/aromatic N) is 2. The summed E-state index contributed by atoms with van der Waals surface area (Å²) in [7, 11) is 0. The molecule has 2 heterocycles. The molecule has 0 bridgehead atoms. The minimum absolute atomic E-state index is 0.141. The van der Waals surface area contributed by atoms with Crippen LogP contribution in [0.15, 0.2) is 24.3 Å². The molecule has 0 radical (unpaired) electrons. The number of halogens is 2. The Labute approximate surface area is 173 Å². The second kappa shape index (κ2) is 9.05. The highest BCUT2D eigenvalue weighted by Crippen LogP contribution is 2.21. The summed E-state index contributed by atoms with van der Waals surface area (Å²) in [5.74, 6) is -1.36. The topological polar surface area (TPSA) is 74.8 Å². The number of amides is 4. The zero-order chi connectivity index (χ0) is 20.3. The van der Waals surface area contributed by atoms with Crippen molar-refractivity contribution in [2.75, 3.05) is 13.1 Å². The summed E-state index contributed by atoms with van der Waals surface area (Å²) in [5, 5.41) is -0.493. The summed E-state index contributed by atoms with van der Waals surface area (Å²) >= 11 is 12.1. The molecule has 2 fully saturated rings. The Kier molecular flexibility index (Phi) is 6.73. The van der Waals surface area contributed by atoms with Crippen molar-refractivity contribution in [1.29, 1.82) is 0 Å². The van der Waals surface area contributed by atoms with Gasteiger partial charge < -0.3 is 0 Å². The lowest BCUT2D eigenvalue weighted by Crippen LogP contribution is -2.37. The highest BCUT2D eigenvalue weighted by Gasteiger charge is 2.29. The average molecular weight is 425 g/mol. The molecule has 0 N–H and O–H groups in total. The fourth-order valence-electron chi connectivity index (χ4n) is 3.49. The molecule has 2 saturated heterocycles. The molecule has 1 aromatic carbocycles. The summed E-state index contributed by atoms with van der Waals surface area (Å²) in [6, 6.07) is 6.05. The van der Waals surface area contributed by atoms with Gasteiger partial charge in [-0.25, -0.2) is 0 Å². The molecule has 150 valence electrons. The van der Waals surface area contributed by atoms with Gasteiger partial charge in [-0.1, -0.05) is 0 Å². The first-order valence-corrected chi connectivity index (χ1v) is 10.3. The van der Waals surface area contributed by atoms with Crippen LogP contribution in [0.25, 0.3) is 0 Å². The molecule has 8 heteroatoms. The van der Waals surface area contributed by atoms with Crippen molar-refractivity contribution in [3.05, 3.63) is 35.4 Å². The molecule has 2 atom stereocenters. The van der Waals surface area contributed by atoms with E-state index in [1.165, 1.54) is 34.1 Å². The maximum absolute atomic E-state index is 12.7. The van der Waals surface area contributed by atoms with Crippen molar-refractivity contribution in [2.24, 2.45) is 0 Å². The Morgan fingerprint density at radius 2 is 1.11 bits per heavy atom. The lowest BCUT2D eigenvalue weighted by molar-refractivity contribution is -0.129. The van der Waals surface area contributed by atoms with Gasteiger partial charge in [0, 0.05) is 47.8 Å². The van der Waals surface area contributed by atoms with Crippen LogP contribution in [-0.2, 0) is 9.59 Å². The van der Waals surface area contributed by atoms with Crippen molar-refractivity contribution in [3.63, 3.8) is 0 Å². The molecule has 0 spiro atoms. The van der Waals surface area contributed by atoms with Crippen LogP contribution in [0.5, 0.6) is 0 Å². The third-order valence-electron chi connectivity index (χ3n) is 5.06. The largest absolute Gasteiger partial charge is 0.278 e. The third-order valence-corrected chi connectivity index (χ3v) is 5.81. The number of hydrogen-bond donors (Lipinski definition) is 0. The normalized spacial score (nSPS) is 23.9. The molecular formula is C20H22Cl2N2O4. The van der Waals surface area contributed by atoms with E-state index in [2.05, 4.69) is 0 Å². The van der Waals surface area contributed by atoms with Gasteiger partial charge in [0.2, 0.25) is 11.8 Å². The van der Waals surface area contributed by atoms with Gasteiger partial charge in [0.25, 0.3) is 11.8 Å². The van der Waals surface area contributed by atoms with Gasteiger partial charge in [0.1, 0.15) is 0 Å². The van der Waals surface area contributed by atoms with Gasteiger partial charge in [0.05, 0.1) is 0 Å². The van der Waals surface area contributed by atoms with Crippen molar-refractivity contribution < 1.29 is 19.2 Å². The van der Waals surface area contributed by atoms with E-state index in [4.69, 9.17) is 23.2 Å². The predicted octanol–water partition coefficient (Wildman–Crippen LogP) is 3.21. The Hall–Kier alpha value is -1.92. The number of rotatable bonds is 2. The van der Waals surface area contributed by atoms with E-state index in [1.807, 2.05) is 0 Å². The summed E-state index contributed by atoms with van der Waals surface area (Å²) in [6.45, 7) is 0.673. The van der Waals surface area contributed by atoms with E-state index in [9.17, 15) is 19.2 Å². The molecule has 2 aliphatic rings. The zero-order valence-corrected chi connectivity index (χ0v) is 16.9. The number of hydrogen-bond acceptors (Lipinski definition) is 4. The van der Waals surface area contributed by atoms with Crippen LogP contribution in [-0.4, -0.2) is 57.3 Å². The van der Waals surface area contributed by atoms with Crippen LogP contribution in [0.1, 0.15) is 59.2 Å². The van der Waals surface area contributed by atoms with Gasteiger partial charge in [-0.15, -0.1) is 23.2 Å². The maximum Gasteiger partial charge on any atom is 0.260 e. The number of carbonyl (C=O) groups is 4. The predicted molar refractivity (Wildman–Crippen MR) is 106 cm³/mol. The van der Waals surface area contributed by atoms with Crippen molar-refractivity contribution in [1.82, 2.24) is 9.80 Å². The third kappa shape index (κ3) is 4.73. The number of carbonyl (C=O) groups excluding carboxylic acids is 4. The van der Waals surface area contributed by atoms with Crippen LogP contribution in [0, 0.1) is 0 Å². The molecule has 0 aliphatic carbocycles. The fraction of sp³-hybridized carbons (Fsp3) is 0.500. The molecular weight excluding hydrogens is 403 g/mol. The number of imide groups is 2. The van der Waals surface area contributed by atoms with Crippen LogP contribution >= 0.6 is 23.2 Å². The molecule has 28 heavy (non-hydrogen) atoms. The molecule has 2 unspecified atom stereocenters. The summed E-state index contributed by atoms with van der Waals surface area (Å²) in [4.78, 5) is 52.3. The Morgan fingerprint density at radius 1 is 0.750 bits per heavy atom. The van der Waals surface area contributed by atoms with Gasteiger partial charge >= 0.3 is 0 Å². The van der Waals surface area contributed by atoms with E-state index in [0.29, 0.717) is 49.9 Å². The SMILES string of the molecule is O=C1CC(Cl)CCCN1C(=O)c1ccc(C(=O)N2CCCC(Cl)CC2=O)cc1. The maximum atomic E-state index is 12.7. The molecule has 0 saturated carbocycles. The van der Waals surface area contributed by atoms with Crippen molar-refractivity contribution in [3.8, 4) is 0 Å². The van der Waals surface area contributed by atoms with Crippen molar-refractivity contribution >= 4 is 46.8 Å². The Morgan fingerprint density at radius 3 is 1.46 bits per heavy atom. The Balaban J connectivity index is 1.72. The van der Waals surface area contributed by atoms with E-state index in [-0.39, 0.29) is 35.4 Å². The highest BCUT2D eigenvalue weighted by atomic mass is 35.5. The van der Waals surface area contributed by atoms with E-state index in [0.717, 1.165) is 0 Å². The van der Waals surface area contributed by atoms with Crippen LogP contribution in [0.4, 0.5) is 0 Å². The fourth-order valence-corrected chi connectivity index (χ4v) is 4.06. The smallest absolute Gasteiger partial charge is 0.260 e. The minimum Gasteiger partial charge on any atom is -0.278 e. The van der Waals surface area contributed by atoms with Gasteiger partial charge in [-0.05, 0) is 49.9 Å². The molecule has 2 aliphatic heterocycles. The highest BCUT2D eigenvalue weighted by molar-refractivity contribution is 6.22. The van der Waals surface area contributed by atoms with Gasteiger partial charge in [0.15, 0.2) is 0 Å². The first kappa shape index (κ1) is 20.8. The number of likely N-dealkylation sites (tertiary alicyclic amines) is 2. The van der Waals surface area contributed by atoms with Crippen molar-refractivity contribution in [2.45, 2.75) is 49.3 Å². The lowest BCUT2D eigenvalue weighted by Gasteiger charge is -2.20. The quantitative estimate of drug-likeness (QED) is 0.539. The van der Waals surface area contributed by atoms with Crippen LogP contribution in [0.3, 0.4) is 0 Å². The monoisotopic (exact) mass is 424 g/mol. The number of benzene rings is 1. The van der Waals surface area contributed by atoms with Crippen LogP contribution < -0.4 is 0 Å². The molecule has 1 aromatic rings. The minimum atomic E-state index is -0.398. The second-order valence-corrected chi connectivity index (χ2v) is 8.40. The summed E-state index contributed by atoms with van der Waals surface area (Å²) in [6.07, 6.45) is 3.00. The zero-order valence-electron chi connectivity index (χ0n) is 15.4. The summed E-state index contributed by atoms with van der Waals surface area (Å²) < 4.78 is 0. The Bertz CT molecular complexity index is 716. The molecule has 4 amide bonds. The van der Waals surface area contributed by atoms with Crippen LogP contribution in [0.2, 0.25) is 0 Å². The second-order valence-electron chi connectivity index (χ2n) is 7.17. The lowest BCUT2D eigenvalue weighted by atomic mass is 10.1. The molecule has 3 rings (SSSR count). The first-order valence-electron chi connectivity index (χ1n) is 9.44. The first-order chi connectivity index (χ1) is 13.4. The standard InChI is InChI=1S/C20H22Cl2N2O4/c21-15-3-1-9-23(17(25)11-15)19(27)13-5-7-14(8-6-13)20(28)24-10-2-4-16(22)12-18(24)26/h5-8,15-16H,1-4,9-12H2. The average Bonchev–Trinajstić information content (AvgIpc) is 2.94.